The van der Waals surface area contributed by atoms with Crippen molar-refractivity contribution in [1.82, 2.24) is 10.2 Å². The number of benzene rings is 2. The van der Waals surface area contributed by atoms with E-state index >= 15 is 0 Å². The zero-order valence-corrected chi connectivity index (χ0v) is 20.4. The Morgan fingerprint density at radius 2 is 1.94 bits per heavy atom. The molecule has 1 aromatic heterocycles. The smallest absolute Gasteiger partial charge is 0.250 e. The van der Waals surface area contributed by atoms with Gasteiger partial charge >= 0.3 is 0 Å². The Bertz CT molecular complexity index is 1180. The summed E-state index contributed by atoms with van der Waals surface area (Å²) in [5.74, 6) is 0.345. The first-order valence-corrected chi connectivity index (χ1v) is 12.2. The Kier molecular flexibility index (Phi) is 6.57. The van der Waals surface area contributed by atoms with E-state index in [4.69, 9.17) is 4.74 Å². The van der Waals surface area contributed by atoms with Gasteiger partial charge in [0, 0.05) is 0 Å². The number of fused-ring (bicyclic) bond motifs is 1. The average Bonchev–Trinajstić information content (AvgIpc) is 3.22. The van der Waals surface area contributed by atoms with Crippen LogP contribution in [-0.2, 0) is 9.59 Å². The molecule has 1 aliphatic heterocycles. The molecule has 2 amide bonds. The number of thioether (sulfide) groups is 1. The fourth-order valence-electron chi connectivity index (χ4n) is 3.50. The second kappa shape index (κ2) is 9.40. The summed E-state index contributed by atoms with van der Waals surface area (Å²) in [6.07, 6.45) is 0. The van der Waals surface area contributed by atoms with Crippen LogP contribution in [0.3, 0.4) is 0 Å². The highest BCUT2D eigenvalue weighted by Crippen LogP contribution is 2.39. The highest BCUT2D eigenvalue weighted by molar-refractivity contribution is 8.02. The minimum absolute atomic E-state index is 0.168. The SMILES string of the molecule is CCOc1ccccc1Nc1nnc(SC(C)C(=O)N2c3ccccc3NC(=O)C2(C)C)s1. The number of anilines is 4. The molecule has 0 aliphatic carbocycles. The molecule has 0 saturated carbocycles. The van der Waals surface area contributed by atoms with Gasteiger partial charge in [-0.1, -0.05) is 47.4 Å². The van der Waals surface area contributed by atoms with Gasteiger partial charge < -0.3 is 15.4 Å². The van der Waals surface area contributed by atoms with Gasteiger partial charge in [-0.3, -0.25) is 14.5 Å². The number of amides is 2. The van der Waals surface area contributed by atoms with Crippen LogP contribution in [0.4, 0.5) is 22.2 Å². The van der Waals surface area contributed by atoms with Crippen molar-refractivity contribution < 1.29 is 14.3 Å². The molecule has 0 fully saturated rings. The Hall–Kier alpha value is -3.11. The monoisotopic (exact) mass is 483 g/mol. The van der Waals surface area contributed by atoms with E-state index in [1.165, 1.54) is 23.1 Å². The van der Waals surface area contributed by atoms with Crippen LogP contribution in [0.5, 0.6) is 5.75 Å². The minimum Gasteiger partial charge on any atom is -0.492 e. The second-order valence-corrected chi connectivity index (χ2v) is 10.5. The number of rotatable bonds is 7. The maximum absolute atomic E-state index is 13.5. The Morgan fingerprint density at radius 1 is 1.21 bits per heavy atom. The molecule has 1 unspecified atom stereocenters. The molecule has 8 nitrogen and oxygen atoms in total. The van der Waals surface area contributed by atoms with Crippen molar-refractivity contribution in [1.29, 1.82) is 0 Å². The van der Waals surface area contributed by atoms with Crippen molar-refractivity contribution >= 4 is 57.1 Å². The summed E-state index contributed by atoms with van der Waals surface area (Å²) in [6.45, 7) is 7.80. The van der Waals surface area contributed by atoms with Crippen LogP contribution in [0.2, 0.25) is 0 Å². The van der Waals surface area contributed by atoms with Crippen LogP contribution in [0.1, 0.15) is 27.7 Å². The van der Waals surface area contributed by atoms with Crippen molar-refractivity contribution in [3.05, 3.63) is 48.5 Å². The molecule has 0 spiro atoms. The van der Waals surface area contributed by atoms with E-state index in [-0.39, 0.29) is 11.8 Å². The van der Waals surface area contributed by atoms with E-state index in [0.29, 0.717) is 27.5 Å². The molecule has 1 atom stereocenters. The van der Waals surface area contributed by atoms with E-state index in [1.807, 2.05) is 56.3 Å². The van der Waals surface area contributed by atoms with Crippen molar-refractivity contribution in [2.75, 3.05) is 22.1 Å². The molecule has 4 rings (SSSR count). The van der Waals surface area contributed by atoms with E-state index in [2.05, 4.69) is 20.8 Å². The number of aromatic nitrogens is 2. The summed E-state index contributed by atoms with van der Waals surface area (Å²) in [5, 5.41) is 14.7. The molecule has 2 heterocycles. The lowest BCUT2D eigenvalue weighted by molar-refractivity contribution is -0.126. The van der Waals surface area contributed by atoms with Gasteiger partial charge in [0.05, 0.1) is 28.9 Å². The van der Waals surface area contributed by atoms with Gasteiger partial charge in [-0.05, 0) is 52.0 Å². The summed E-state index contributed by atoms with van der Waals surface area (Å²) in [6, 6.07) is 14.9. The molecular weight excluding hydrogens is 458 g/mol. The third-order valence-corrected chi connectivity index (χ3v) is 7.20. The summed E-state index contributed by atoms with van der Waals surface area (Å²) < 4.78 is 6.29. The van der Waals surface area contributed by atoms with E-state index < -0.39 is 10.8 Å². The third kappa shape index (κ3) is 4.67. The van der Waals surface area contributed by atoms with Crippen LogP contribution in [-0.4, -0.2) is 39.4 Å². The predicted molar refractivity (Wildman–Crippen MR) is 133 cm³/mol. The van der Waals surface area contributed by atoms with Crippen molar-refractivity contribution in [3.63, 3.8) is 0 Å². The van der Waals surface area contributed by atoms with Crippen molar-refractivity contribution in [3.8, 4) is 5.75 Å². The zero-order valence-electron chi connectivity index (χ0n) is 18.8. The molecule has 3 aromatic rings. The fourth-order valence-corrected chi connectivity index (χ4v) is 5.45. The number of hydrogen-bond donors (Lipinski definition) is 2. The molecule has 1 aliphatic rings. The molecule has 10 heteroatoms. The van der Waals surface area contributed by atoms with Crippen LogP contribution in [0, 0.1) is 0 Å². The standard InChI is InChI=1S/C23H25N5O3S2/c1-5-31-18-13-9-7-11-16(18)25-21-26-27-22(33-21)32-14(2)19(29)28-17-12-8-6-10-15(17)24-20(30)23(28,3)4/h6-14H,5H2,1-4H3,(H,24,30)(H,25,26). The normalized spacial score (nSPS) is 15.4. The van der Waals surface area contributed by atoms with Gasteiger partial charge in [-0.25, -0.2) is 0 Å². The number of carbonyl (C=O) groups is 2. The number of nitrogens with zero attached hydrogens (tertiary/aromatic N) is 3. The van der Waals surface area contributed by atoms with Crippen LogP contribution >= 0.6 is 23.1 Å². The summed E-state index contributed by atoms with van der Waals surface area (Å²) in [7, 11) is 0. The molecule has 172 valence electrons. The van der Waals surface area contributed by atoms with Gasteiger partial charge in [0.25, 0.3) is 0 Å². The Morgan fingerprint density at radius 3 is 2.73 bits per heavy atom. The minimum atomic E-state index is -1.02. The quantitative estimate of drug-likeness (QED) is 0.460. The first-order chi connectivity index (χ1) is 15.8. The van der Waals surface area contributed by atoms with Crippen molar-refractivity contribution in [2.24, 2.45) is 0 Å². The number of hydrogen-bond acceptors (Lipinski definition) is 8. The molecule has 0 bridgehead atoms. The lowest BCUT2D eigenvalue weighted by Crippen LogP contribution is -2.60. The third-order valence-electron chi connectivity index (χ3n) is 5.19. The second-order valence-electron chi connectivity index (χ2n) is 7.89. The maximum Gasteiger partial charge on any atom is 0.250 e. The summed E-state index contributed by atoms with van der Waals surface area (Å²) >= 11 is 2.68. The Labute approximate surface area is 200 Å². The molecule has 2 N–H and O–H groups in total. The molecule has 2 aromatic carbocycles. The lowest BCUT2D eigenvalue weighted by Gasteiger charge is -2.42. The van der Waals surface area contributed by atoms with E-state index in [9.17, 15) is 9.59 Å². The Balaban J connectivity index is 1.50. The highest BCUT2D eigenvalue weighted by Gasteiger charge is 2.44. The van der Waals surface area contributed by atoms with E-state index in [1.54, 1.807) is 24.8 Å². The first kappa shape index (κ1) is 23.1. The van der Waals surface area contributed by atoms with Crippen LogP contribution < -0.4 is 20.3 Å². The molecule has 0 saturated heterocycles. The van der Waals surface area contributed by atoms with Crippen LogP contribution in [0.15, 0.2) is 52.9 Å². The van der Waals surface area contributed by atoms with Gasteiger partial charge in [-0.2, -0.15) is 0 Å². The van der Waals surface area contributed by atoms with Gasteiger partial charge in [0.2, 0.25) is 16.9 Å². The van der Waals surface area contributed by atoms with E-state index in [0.717, 1.165) is 11.4 Å². The van der Waals surface area contributed by atoms with Gasteiger partial charge in [0.1, 0.15) is 11.3 Å². The lowest BCUT2D eigenvalue weighted by atomic mass is 9.96. The largest absolute Gasteiger partial charge is 0.492 e. The van der Waals surface area contributed by atoms with Gasteiger partial charge in [0.15, 0.2) is 4.34 Å². The predicted octanol–water partition coefficient (Wildman–Crippen LogP) is 4.92. The maximum atomic E-state index is 13.5. The van der Waals surface area contributed by atoms with Crippen LogP contribution in [0.25, 0.3) is 0 Å². The zero-order chi connectivity index (χ0) is 23.6. The number of carbonyl (C=O) groups excluding carboxylic acids is 2. The average molecular weight is 484 g/mol. The summed E-state index contributed by atoms with van der Waals surface area (Å²) in [5.41, 5.74) is 1.10. The number of nitrogens with one attached hydrogen (secondary N) is 2. The number of ether oxygens (including phenoxy) is 1. The molecular formula is C23H25N5O3S2. The molecule has 33 heavy (non-hydrogen) atoms. The van der Waals surface area contributed by atoms with Gasteiger partial charge in [-0.15, -0.1) is 10.2 Å². The summed E-state index contributed by atoms with van der Waals surface area (Å²) in [4.78, 5) is 27.7. The molecule has 0 radical (unpaired) electrons. The fraction of sp³-hybridized carbons (Fsp3) is 0.304. The highest BCUT2D eigenvalue weighted by atomic mass is 32.2. The topological polar surface area (TPSA) is 96.4 Å². The number of para-hydroxylation sites is 4. The first-order valence-electron chi connectivity index (χ1n) is 10.5. The van der Waals surface area contributed by atoms with Crippen molar-refractivity contribution in [2.45, 2.75) is 42.8 Å².